The molecule has 5 heteroatoms. The van der Waals surface area contributed by atoms with Crippen molar-refractivity contribution in [2.45, 2.75) is 0 Å². The SMILES string of the molecule is c1ccc(-c2nc(-c3ccc4c5ccccc5n(-c5ccccc5)c4c3)nc(-c3c(N4c5ccc6ccccc6c5-c5cccc6cccc4c56)ccc4ccccc34)n2)cc1. The van der Waals surface area contributed by atoms with Crippen LogP contribution in [0.3, 0.4) is 0 Å². The summed E-state index contributed by atoms with van der Waals surface area (Å²) < 4.78 is 2.34. The summed E-state index contributed by atoms with van der Waals surface area (Å²) in [7, 11) is 0. The zero-order valence-corrected chi connectivity index (χ0v) is 33.4. The van der Waals surface area contributed by atoms with Crippen molar-refractivity contribution in [1.82, 2.24) is 19.5 Å². The second-order valence-electron chi connectivity index (χ2n) is 16.0. The number of anilines is 3. The Morgan fingerprint density at radius 3 is 1.65 bits per heavy atom. The Kier molecular flexibility index (Phi) is 7.54. The summed E-state index contributed by atoms with van der Waals surface area (Å²) in [4.78, 5) is 18.6. The van der Waals surface area contributed by atoms with Crippen LogP contribution in [0.25, 0.3) is 105 Å². The lowest BCUT2D eigenvalue weighted by atomic mass is 9.87. The molecule has 1 aliphatic rings. The molecule has 0 saturated carbocycles. The minimum absolute atomic E-state index is 0.608. The van der Waals surface area contributed by atoms with Gasteiger partial charge < -0.3 is 9.47 Å². The predicted octanol–water partition coefficient (Wildman–Crippen LogP) is 14.9. The molecule has 0 bridgehead atoms. The molecule has 0 fully saturated rings. The first-order valence-electron chi connectivity index (χ1n) is 21.0. The van der Waals surface area contributed by atoms with Crippen LogP contribution in [0.4, 0.5) is 17.1 Å². The maximum absolute atomic E-state index is 5.51. The Balaban J connectivity index is 1.11. The van der Waals surface area contributed by atoms with E-state index in [9.17, 15) is 0 Å². The summed E-state index contributed by atoms with van der Waals surface area (Å²) in [6, 6.07) is 75.7. The van der Waals surface area contributed by atoms with Gasteiger partial charge in [0.25, 0.3) is 0 Å². The monoisotopic (exact) mass is 789 g/mol. The quantitative estimate of drug-likeness (QED) is 0.174. The molecule has 0 unspecified atom stereocenters. The van der Waals surface area contributed by atoms with E-state index < -0.39 is 0 Å². The third-order valence-electron chi connectivity index (χ3n) is 12.5. The van der Waals surface area contributed by atoms with Crippen LogP contribution in [0.1, 0.15) is 0 Å². The van der Waals surface area contributed by atoms with Crippen molar-refractivity contribution < 1.29 is 0 Å². The Morgan fingerprint density at radius 2 is 0.887 bits per heavy atom. The molecule has 0 amide bonds. The van der Waals surface area contributed by atoms with Gasteiger partial charge in [-0.3, -0.25) is 0 Å². The fraction of sp³-hybridized carbons (Fsp3) is 0. The molecule has 5 nitrogen and oxygen atoms in total. The fourth-order valence-corrected chi connectivity index (χ4v) is 9.81. The molecule has 0 spiro atoms. The van der Waals surface area contributed by atoms with Gasteiger partial charge in [-0.25, -0.2) is 15.0 Å². The molecular formula is C57H35N5. The lowest BCUT2D eigenvalue weighted by Crippen LogP contribution is -2.17. The van der Waals surface area contributed by atoms with Gasteiger partial charge in [-0.15, -0.1) is 0 Å². The smallest absolute Gasteiger partial charge is 0.166 e. The number of rotatable bonds is 5. The first kappa shape index (κ1) is 34.5. The number of fused-ring (bicyclic) bond motifs is 8. The van der Waals surface area contributed by atoms with Gasteiger partial charge in [0.15, 0.2) is 17.5 Å². The van der Waals surface area contributed by atoms with Crippen LogP contribution in [0.5, 0.6) is 0 Å². The van der Waals surface area contributed by atoms with Crippen molar-refractivity contribution in [2.24, 2.45) is 0 Å². The number of aromatic nitrogens is 4. The molecule has 10 aromatic carbocycles. The second kappa shape index (κ2) is 13.6. The lowest BCUT2D eigenvalue weighted by molar-refractivity contribution is 1.07. The van der Waals surface area contributed by atoms with E-state index in [-0.39, 0.29) is 0 Å². The van der Waals surface area contributed by atoms with Crippen molar-refractivity contribution in [3.63, 3.8) is 0 Å². The Morgan fingerprint density at radius 1 is 0.323 bits per heavy atom. The average molecular weight is 790 g/mol. The number of benzene rings is 10. The van der Waals surface area contributed by atoms with Gasteiger partial charge in [-0.05, 0) is 75.0 Å². The molecule has 0 atom stereocenters. The number of hydrogen-bond donors (Lipinski definition) is 0. The van der Waals surface area contributed by atoms with E-state index in [1.54, 1.807) is 0 Å². The van der Waals surface area contributed by atoms with E-state index in [0.29, 0.717) is 17.5 Å². The fourth-order valence-electron chi connectivity index (χ4n) is 9.81. The first-order chi connectivity index (χ1) is 30.8. The van der Waals surface area contributed by atoms with Crippen molar-refractivity contribution in [3.8, 4) is 51.0 Å². The zero-order valence-electron chi connectivity index (χ0n) is 33.4. The standard InChI is InChI=1S/C57H35N5/c1-3-17-39(18-4-1)55-58-56(40-29-32-45-44-25-11-12-27-47(44)61(51(45)35-40)41-21-5-2-6-22-41)60-57(59-55)54-43-24-10-8-16-37(43)31-34-50(54)62-48-28-14-20-38-19-13-26-46(52(38)48)53-42-23-9-7-15-36(42)30-33-49(53)62/h1-35H. The predicted molar refractivity (Wildman–Crippen MR) is 257 cm³/mol. The van der Waals surface area contributed by atoms with E-state index in [1.807, 2.05) is 18.2 Å². The van der Waals surface area contributed by atoms with Crippen LogP contribution in [0.2, 0.25) is 0 Å². The van der Waals surface area contributed by atoms with Gasteiger partial charge in [0.2, 0.25) is 0 Å². The molecular weight excluding hydrogens is 755 g/mol. The van der Waals surface area contributed by atoms with E-state index in [2.05, 4.69) is 204 Å². The molecule has 0 N–H and O–H groups in total. The highest BCUT2D eigenvalue weighted by atomic mass is 15.2. The first-order valence-corrected chi connectivity index (χ1v) is 21.0. The van der Waals surface area contributed by atoms with Gasteiger partial charge in [0.1, 0.15) is 0 Å². The second-order valence-corrected chi connectivity index (χ2v) is 16.0. The molecule has 62 heavy (non-hydrogen) atoms. The normalized spacial score (nSPS) is 12.2. The van der Waals surface area contributed by atoms with Crippen LogP contribution in [-0.4, -0.2) is 19.5 Å². The van der Waals surface area contributed by atoms with Crippen LogP contribution in [0.15, 0.2) is 212 Å². The molecule has 0 radical (unpaired) electrons. The third-order valence-corrected chi connectivity index (χ3v) is 12.5. The van der Waals surface area contributed by atoms with Crippen molar-refractivity contribution in [1.29, 1.82) is 0 Å². The Hall–Kier alpha value is -8.41. The minimum Gasteiger partial charge on any atom is -0.309 e. The third kappa shape index (κ3) is 5.18. The topological polar surface area (TPSA) is 46.8 Å². The van der Waals surface area contributed by atoms with Gasteiger partial charge in [-0.1, -0.05) is 170 Å². The van der Waals surface area contributed by atoms with E-state index in [0.717, 1.165) is 61.2 Å². The molecule has 3 heterocycles. The molecule has 0 aliphatic carbocycles. The Labute approximate surface area is 357 Å². The largest absolute Gasteiger partial charge is 0.309 e. The molecule has 0 saturated heterocycles. The highest BCUT2D eigenvalue weighted by Gasteiger charge is 2.30. The van der Waals surface area contributed by atoms with Crippen molar-refractivity contribution in [2.75, 3.05) is 4.90 Å². The average Bonchev–Trinajstić information content (AvgIpc) is 3.68. The number of nitrogens with zero attached hydrogens (tertiary/aromatic N) is 5. The van der Waals surface area contributed by atoms with Crippen molar-refractivity contribution in [3.05, 3.63) is 212 Å². The summed E-state index contributed by atoms with van der Waals surface area (Å²) in [5.74, 6) is 1.83. The van der Waals surface area contributed by atoms with Crippen LogP contribution >= 0.6 is 0 Å². The van der Waals surface area contributed by atoms with E-state index >= 15 is 0 Å². The van der Waals surface area contributed by atoms with Crippen LogP contribution in [0, 0.1) is 0 Å². The zero-order chi connectivity index (χ0) is 40.7. The highest BCUT2D eigenvalue weighted by Crippen LogP contribution is 2.55. The number of para-hydroxylation sites is 2. The van der Waals surface area contributed by atoms with E-state index in [1.165, 1.54) is 43.4 Å². The molecule has 288 valence electrons. The van der Waals surface area contributed by atoms with Gasteiger partial charge in [-0.2, -0.15) is 0 Å². The summed E-state index contributed by atoms with van der Waals surface area (Å²) in [5, 5.41) is 9.39. The van der Waals surface area contributed by atoms with E-state index in [4.69, 9.17) is 15.0 Å². The number of hydrogen-bond acceptors (Lipinski definition) is 4. The highest BCUT2D eigenvalue weighted by molar-refractivity contribution is 6.20. The summed E-state index contributed by atoms with van der Waals surface area (Å²) in [5.41, 5.74) is 11.8. The molecule has 1 aliphatic heterocycles. The minimum atomic E-state index is 0.608. The molecule has 13 rings (SSSR count). The summed E-state index contributed by atoms with van der Waals surface area (Å²) >= 11 is 0. The maximum Gasteiger partial charge on any atom is 0.166 e. The van der Waals surface area contributed by atoms with Crippen LogP contribution < -0.4 is 4.90 Å². The Bertz CT molecular complexity index is 3750. The maximum atomic E-state index is 5.51. The molecule has 12 aromatic rings. The van der Waals surface area contributed by atoms with Gasteiger partial charge >= 0.3 is 0 Å². The van der Waals surface area contributed by atoms with Crippen LogP contribution in [-0.2, 0) is 0 Å². The van der Waals surface area contributed by atoms with Crippen molar-refractivity contribution >= 4 is 71.2 Å². The molecule has 2 aromatic heterocycles. The lowest BCUT2D eigenvalue weighted by Gasteiger charge is -2.35. The van der Waals surface area contributed by atoms with Gasteiger partial charge in [0, 0.05) is 38.5 Å². The van der Waals surface area contributed by atoms with Gasteiger partial charge in [0.05, 0.1) is 33.7 Å². The summed E-state index contributed by atoms with van der Waals surface area (Å²) in [6.45, 7) is 0. The summed E-state index contributed by atoms with van der Waals surface area (Å²) in [6.07, 6.45) is 0.